The second kappa shape index (κ2) is 5.75. The van der Waals surface area contributed by atoms with Crippen molar-refractivity contribution in [3.05, 3.63) is 59.0 Å². The van der Waals surface area contributed by atoms with E-state index < -0.39 is 0 Å². The third kappa shape index (κ3) is 2.86. The van der Waals surface area contributed by atoms with Crippen molar-refractivity contribution in [2.45, 2.75) is 0 Å². The normalized spacial score (nSPS) is 10.5. The summed E-state index contributed by atoms with van der Waals surface area (Å²) in [5.41, 5.74) is 6.99. The van der Waals surface area contributed by atoms with Crippen LogP contribution in [0.25, 0.3) is 10.8 Å². The molecule has 0 atom stereocenters. The van der Waals surface area contributed by atoms with Crippen molar-refractivity contribution in [1.29, 1.82) is 0 Å². The summed E-state index contributed by atoms with van der Waals surface area (Å²) in [6.07, 6.45) is 3.18. The molecule has 2 aromatic carbocycles. The molecule has 3 N–H and O–H groups in total. The van der Waals surface area contributed by atoms with Crippen LogP contribution >= 0.6 is 28.1 Å². The molecule has 0 spiro atoms. The number of nitrogens with two attached hydrogens (primary N) is 1. The van der Waals surface area contributed by atoms with Gasteiger partial charge in [0, 0.05) is 15.5 Å². The monoisotopic (exact) mass is 358 g/mol. The molecule has 0 aliphatic heterocycles. The summed E-state index contributed by atoms with van der Waals surface area (Å²) in [6, 6.07) is 12.1. The minimum absolute atomic E-state index is 0.239. The predicted octanol–water partition coefficient (Wildman–Crippen LogP) is 3.77. The van der Waals surface area contributed by atoms with Gasteiger partial charge in [-0.2, -0.15) is 0 Å². The Morgan fingerprint density at radius 3 is 2.48 bits per heavy atom. The van der Waals surface area contributed by atoms with E-state index in [4.69, 9.17) is 18.0 Å². The second-order valence-corrected chi connectivity index (χ2v) is 5.71. The minimum atomic E-state index is 0.239. The van der Waals surface area contributed by atoms with Crippen LogP contribution in [-0.2, 0) is 0 Å². The molecule has 1 heterocycles. The van der Waals surface area contributed by atoms with Gasteiger partial charge in [-0.1, -0.05) is 52.4 Å². The Bertz CT molecular complexity index is 818. The first kappa shape index (κ1) is 13.9. The zero-order chi connectivity index (χ0) is 14.8. The minimum Gasteiger partial charge on any atom is -0.388 e. The average molecular weight is 359 g/mol. The third-order valence-corrected chi connectivity index (χ3v) is 3.94. The van der Waals surface area contributed by atoms with Crippen molar-refractivity contribution in [3.8, 4) is 0 Å². The summed E-state index contributed by atoms with van der Waals surface area (Å²) in [7, 11) is 0. The third-order valence-electron chi connectivity index (χ3n) is 3.04. The van der Waals surface area contributed by atoms with Gasteiger partial charge in [-0.25, -0.2) is 9.97 Å². The lowest BCUT2D eigenvalue weighted by Gasteiger charge is -2.10. The van der Waals surface area contributed by atoms with Gasteiger partial charge in [0.2, 0.25) is 0 Å². The lowest BCUT2D eigenvalue weighted by molar-refractivity contribution is 1.18. The van der Waals surface area contributed by atoms with Crippen molar-refractivity contribution in [1.82, 2.24) is 9.97 Å². The zero-order valence-corrected chi connectivity index (χ0v) is 13.3. The van der Waals surface area contributed by atoms with Crippen LogP contribution in [0.2, 0.25) is 0 Å². The average Bonchev–Trinajstić information content (AvgIpc) is 2.51. The van der Waals surface area contributed by atoms with E-state index >= 15 is 0 Å². The summed E-state index contributed by atoms with van der Waals surface area (Å²) in [4.78, 5) is 8.68. The Hall–Kier alpha value is -2.05. The van der Waals surface area contributed by atoms with Crippen LogP contribution in [0, 0.1) is 0 Å². The molecule has 0 saturated carbocycles. The van der Waals surface area contributed by atoms with Crippen LogP contribution < -0.4 is 11.1 Å². The van der Waals surface area contributed by atoms with Crippen LogP contribution in [0.5, 0.6) is 0 Å². The summed E-state index contributed by atoms with van der Waals surface area (Å²) >= 11 is 8.42. The Kier molecular flexibility index (Phi) is 3.81. The molecule has 0 unspecified atom stereocenters. The molecule has 21 heavy (non-hydrogen) atoms. The summed E-state index contributed by atoms with van der Waals surface area (Å²) in [5.74, 6) is 0.641. The highest BCUT2D eigenvalue weighted by molar-refractivity contribution is 9.10. The number of aromatic nitrogens is 2. The Morgan fingerprint density at radius 1 is 1.05 bits per heavy atom. The van der Waals surface area contributed by atoms with Crippen LogP contribution in [-0.4, -0.2) is 15.0 Å². The van der Waals surface area contributed by atoms with E-state index in [0.29, 0.717) is 11.5 Å². The predicted molar refractivity (Wildman–Crippen MR) is 92.9 cm³/mol. The van der Waals surface area contributed by atoms with Crippen molar-refractivity contribution in [2.24, 2.45) is 5.73 Å². The van der Waals surface area contributed by atoms with Gasteiger partial charge in [0.1, 0.15) is 16.5 Å². The number of halogens is 1. The van der Waals surface area contributed by atoms with Crippen LogP contribution in [0.4, 0.5) is 11.5 Å². The van der Waals surface area contributed by atoms with Crippen LogP contribution in [0.3, 0.4) is 0 Å². The van der Waals surface area contributed by atoms with Crippen molar-refractivity contribution < 1.29 is 0 Å². The van der Waals surface area contributed by atoms with Gasteiger partial charge in [0.05, 0.1) is 12.4 Å². The van der Waals surface area contributed by atoms with Crippen LogP contribution in [0.15, 0.2) is 53.3 Å². The Morgan fingerprint density at radius 2 is 1.81 bits per heavy atom. The fraction of sp³-hybridized carbons (Fsp3) is 0. The molecule has 1 aromatic heterocycles. The Labute approximate surface area is 135 Å². The van der Waals surface area contributed by atoms with Gasteiger partial charge in [-0.15, -0.1) is 0 Å². The lowest BCUT2D eigenvalue weighted by atomic mass is 10.1. The van der Waals surface area contributed by atoms with Crippen LogP contribution in [0.1, 0.15) is 5.69 Å². The topological polar surface area (TPSA) is 63.8 Å². The number of rotatable bonds is 3. The van der Waals surface area contributed by atoms with Crippen molar-refractivity contribution in [3.63, 3.8) is 0 Å². The lowest BCUT2D eigenvalue weighted by Crippen LogP contribution is -2.12. The molecular formula is C15H11BrN4S. The fourth-order valence-electron chi connectivity index (χ4n) is 2.03. The maximum absolute atomic E-state index is 5.51. The fourth-order valence-corrected chi connectivity index (χ4v) is 2.61. The molecule has 0 bridgehead atoms. The highest BCUT2D eigenvalue weighted by atomic mass is 79.9. The molecule has 0 saturated heterocycles. The number of fused-ring (bicyclic) bond motifs is 1. The Balaban J connectivity index is 1.98. The van der Waals surface area contributed by atoms with E-state index in [1.54, 1.807) is 12.4 Å². The SMILES string of the molecule is NC(=S)c1cnc(Nc2ccc(Br)c3ccccc23)cn1. The van der Waals surface area contributed by atoms with Crippen molar-refractivity contribution >= 4 is 55.4 Å². The number of anilines is 2. The number of hydrogen-bond donors (Lipinski definition) is 2. The molecule has 3 aromatic rings. The van der Waals surface area contributed by atoms with E-state index in [0.717, 1.165) is 20.9 Å². The van der Waals surface area contributed by atoms with Gasteiger partial charge in [0.25, 0.3) is 0 Å². The number of hydrogen-bond acceptors (Lipinski definition) is 4. The number of thiocarbonyl (C=S) groups is 1. The first-order valence-corrected chi connectivity index (χ1v) is 7.41. The number of nitrogens with one attached hydrogen (secondary N) is 1. The molecule has 0 aliphatic rings. The molecule has 104 valence electrons. The molecule has 0 aliphatic carbocycles. The van der Waals surface area contributed by atoms with Gasteiger partial charge >= 0.3 is 0 Å². The maximum atomic E-state index is 5.51. The van der Waals surface area contributed by atoms with E-state index in [1.165, 1.54) is 0 Å². The first-order chi connectivity index (χ1) is 10.1. The van der Waals surface area contributed by atoms with Gasteiger partial charge in [0.15, 0.2) is 0 Å². The summed E-state index contributed by atoms with van der Waals surface area (Å²) < 4.78 is 1.05. The van der Waals surface area contributed by atoms with E-state index in [2.05, 4.69) is 43.3 Å². The van der Waals surface area contributed by atoms with E-state index in [-0.39, 0.29) is 4.99 Å². The number of nitrogens with zero attached hydrogens (tertiary/aromatic N) is 2. The zero-order valence-electron chi connectivity index (χ0n) is 10.9. The van der Waals surface area contributed by atoms with Gasteiger partial charge in [-0.3, -0.25) is 0 Å². The molecular weight excluding hydrogens is 348 g/mol. The largest absolute Gasteiger partial charge is 0.388 e. The second-order valence-electron chi connectivity index (χ2n) is 4.42. The molecule has 0 radical (unpaired) electrons. The van der Waals surface area contributed by atoms with Gasteiger partial charge in [-0.05, 0) is 17.5 Å². The molecule has 0 amide bonds. The van der Waals surface area contributed by atoms with E-state index in [1.807, 2.05) is 24.3 Å². The van der Waals surface area contributed by atoms with E-state index in [9.17, 15) is 0 Å². The molecule has 4 nitrogen and oxygen atoms in total. The molecule has 3 rings (SSSR count). The summed E-state index contributed by atoms with van der Waals surface area (Å²) in [5, 5.41) is 5.50. The highest BCUT2D eigenvalue weighted by Gasteiger charge is 2.05. The van der Waals surface area contributed by atoms with Crippen molar-refractivity contribution in [2.75, 3.05) is 5.32 Å². The molecule has 6 heteroatoms. The smallest absolute Gasteiger partial charge is 0.148 e. The standard InChI is InChI=1S/C15H11BrN4S/c16-11-5-6-12(10-4-2-1-3-9(10)11)20-14-8-18-13(7-19-14)15(17)21/h1-8H,(H2,17,21)(H,19,20). The van der Waals surface area contributed by atoms with Gasteiger partial charge < -0.3 is 11.1 Å². The number of benzene rings is 2. The molecule has 0 fully saturated rings. The maximum Gasteiger partial charge on any atom is 0.148 e. The quantitative estimate of drug-likeness (QED) is 0.697. The first-order valence-electron chi connectivity index (χ1n) is 6.21. The highest BCUT2D eigenvalue weighted by Crippen LogP contribution is 2.31. The summed E-state index contributed by atoms with van der Waals surface area (Å²) in [6.45, 7) is 0.